The number of alkyl halides is 4. The number of methoxy groups -OCH3 is 3. The minimum atomic E-state index is -5.04. The molecule has 4 aromatic rings. The van der Waals surface area contributed by atoms with E-state index in [1.54, 1.807) is 97.1 Å². The molecule has 7 rings (SSSR count). The van der Waals surface area contributed by atoms with E-state index in [1.807, 2.05) is 0 Å². The van der Waals surface area contributed by atoms with Crippen molar-refractivity contribution < 1.29 is 36.2 Å². The van der Waals surface area contributed by atoms with Crippen LogP contribution in [-0.2, 0) is 0 Å². The van der Waals surface area contributed by atoms with E-state index in [1.165, 1.54) is 21.3 Å². The van der Waals surface area contributed by atoms with Crippen LogP contribution in [0.5, 0.6) is 17.2 Å². The predicted molar refractivity (Wildman–Crippen MR) is 166 cm³/mol. The first-order chi connectivity index (χ1) is 22.1. The quantitative estimate of drug-likeness (QED) is 0.158. The molecular formula is C38H25F5O3. The van der Waals surface area contributed by atoms with Gasteiger partial charge in [0.1, 0.15) is 17.2 Å². The van der Waals surface area contributed by atoms with Gasteiger partial charge in [-0.1, -0.05) is 60.7 Å². The first kappa shape index (κ1) is 29.4. The molecular weight excluding hydrogens is 599 g/mol. The van der Waals surface area contributed by atoms with Gasteiger partial charge in [-0.05, 0) is 69.8 Å². The molecule has 230 valence electrons. The lowest BCUT2D eigenvalue weighted by atomic mass is 9.91. The van der Waals surface area contributed by atoms with E-state index < -0.39 is 28.8 Å². The van der Waals surface area contributed by atoms with Crippen molar-refractivity contribution in [2.75, 3.05) is 21.3 Å². The Morgan fingerprint density at radius 2 is 1.00 bits per heavy atom. The molecule has 8 heteroatoms. The van der Waals surface area contributed by atoms with E-state index >= 15 is 22.0 Å². The molecule has 0 unspecified atom stereocenters. The van der Waals surface area contributed by atoms with E-state index in [0.717, 1.165) is 0 Å². The fourth-order valence-corrected chi connectivity index (χ4v) is 6.32. The summed E-state index contributed by atoms with van der Waals surface area (Å²) in [6.45, 7) is 0. The van der Waals surface area contributed by atoms with Crippen molar-refractivity contribution in [1.29, 1.82) is 0 Å². The van der Waals surface area contributed by atoms with Crippen LogP contribution in [-0.4, -0.2) is 33.2 Å². The Balaban J connectivity index is 1.64. The SMILES string of the molecule is COc1ccc(C(=C=C2C3=C(c4ccc(OC)cc4)c4ccccc4C3=C3C2=C(F)C(F)(F)C3(F)F)c2ccc(OC)cc2)cc1. The third-order valence-corrected chi connectivity index (χ3v) is 8.56. The maximum atomic E-state index is 15.8. The summed E-state index contributed by atoms with van der Waals surface area (Å²) < 4.78 is 93.7. The minimum absolute atomic E-state index is 0.125. The largest absolute Gasteiger partial charge is 0.497 e. The van der Waals surface area contributed by atoms with Crippen molar-refractivity contribution in [3.8, 4) is 17.2 Å². The fraction of sp³-hybridized carbons (Fsp3) is 0.132. The number of hydrogen-bond acceptors (Lipinski definition) is 3. The van der Waals surface area contributed by atoms with Crippen molar-refractivity contribution in [2.24, 2.45) is 0 Å². The van der Waals surface area contributed by atoms with E-state index in [2.05, 4.69) is 5.73 Å². The lowest BCUT2D eigenvalue weighted by Gasteiger charge is -2.20. The molecule has 3 nitrogen and oxygen atoms in total. The summed E-state index contributed by atoms with van der Waals surface area (Å²) in [6, 6.07) is 27.5. The lowest BCUT2D eigenvalue weighted by Crippen LogP contribution is -2.38. The summed E-state index contributed by atoms with van der Waals surface area (Å²) in [5, 5.41) is 0. The third kappa shape index (κ3) is 4.17. The minimum Gasteiger partial charge on any atom is -0.497 e. The third-order valence-electron chi connectivity index (χ3n) is 8.56. The average Bonchev–Trinajstić information content (AvgIpc) is 3.63. The van der Waals surface area contributed by atoms with Gasteiger partial charge in [-0.25, -0.2) is 4.39 Å². The van der Waals surface area contributed by atoms with Gasteiger partial charge in [-0.15, -0.1) is 5.73 Å². The average molecular weight is 625 g/mol. The molecule has 0 saturated heterocycles. The smallest absolute Gasteiger partial charge is 0.365 e. The van der Waals surface area contributed by atoms with Gasteiger partial charge in [0.05, 0.1) is 21.3 Å². The molecule has 3 aliphatic carbocycles. The maximum Gasteiger partial charge on any atom is 0.365 e. The van der Waals surface area contributed by atoms with Crippen molar-refractivity contribution in [2.45, 2.75) is 11.8 Å². The number of allylic oxidation sites excluding steroid dienone is 6. The van der Waals surface area contributed by atoms with E-state index in [4.69, 9.17) is 14.2 Å². The summed E-state index contributed by atoms with van der Waals surface area (Å²) in [5.74, 6) is -10.3. The zero-order valence-electron chi connectivity index (χ0n) is 24.9. The topological polar surface area (TPSA) is 27.7 Å². The predicted octanol–water partition coefficient (Wildman–Crippen LogP) is 9.46. The molecule has 0 aromatic heterocycles. The van der Waals surface area contributed by atoms with Crippen molar-refractivity contribution in [3.05, 3.63) is 159 Å². The summed E-state index contributed by atoms with van der Waals surface area (Å²) in [6.07, 6.45) is 0. The van der Waals surface area contributed by atoms with E-state index in [-0.39, 0.29) is 16.7 Å². The summed E-state index contributed by atoms with van der Waals surface area (Å²) in [4.78, 5) is 0. The molecule has 4 aromatic carbocycles. The summed E-state index contributed by atoms with van der Waals surface area (Å²) in [7, 11) is 4.56. The van der Waals surface area contributed by atoms with Crippen LogP contribution >= 0.6 is 0 Å². The lowest BCUT2D eigenvalue weighted by molar-refractivity contribution is -0.160. The Morgan fingerprint density at radius 3 is 1.48 bits per heavy atom. The van der Waals surface area contributed by atoms with Gasteiger partial charge in [0.15, 0.2) is 5.83 Å². The molecule has 0 heterocycles. The van der Waals surface area contributed by atoms with Crippen LogP contribution in [0.25, 0.3) is 16.7 Å². The van der Waals surface area contributed by atoms with Gasteiger partial charge < -0.3 is 14.2 Å². The second kappa shape index (κ2) is 10.6. The molecule has 0 amide bonds. The van der Waals surface area contributed by atoms with E-state index in [0.29, 0.717) is 56.2 Å². The Kier molecular flexibility index (Phi) is 6.80. The number of rotatable bonds is 6. The van der Waals surface area contributed by atoms with Gasteiger partial charge in [-0.3, -0.25) is 0 Å². The number of halogens is 5. The maximum absolute atomic E-state index is 15.8. The molecule has 46 heavy (non-hydrogen) atoms. The number of fused-ring (bicyclic) bond motifs is 4. The molecule has 0 bridgehead atoms. The fourth-order valence-electron chi connectivity index (χ4n) is 6.32. The Labute approximate surface area is 261 Å². The molecule has 0 saturated carbocycles. The van der Waals surface area contributed by atoms with Crippen LogP contribution in [0.2, 0.25) is 0 Å². The first-order valence-electron chi connectivity index (χ1n) is 14.3. The monoisotopic (exact) mass is 624 g/mol. The van der Waals surface area contributed by atoms with E-state index in [9.17, 15) is 0 Å². The van der Waals surface area contributed by atoms with Gasteiger partial charge in [0, 0.05) is 33.4 Å². The normalized spacial score (nSPS) is 17.1. The molecule has 3 aliphatic rings. The Morgan fingerprint density at radius 1 is 0.543 bits per heavy atom. The molecule has 0 radical (unpaired) electrons. The van der Waals surface area contributed by atoms with Gasteiger partial charge in [-0.2, -0.15) is 17.6 Å². The molecule has 0 N–H and O–H groups in total. The summed E-state index contributed by atoms with van der Waals surface area (Å²) in [5.41, 5.74) is 4.75. The highest BCUT2D eigenvalue weighted by Gasteiger charge is 2.72. The number of benzene rings is 4. The van der Waals surface area contributed by atoms with Gasteiger partial charge >= 0.3 is 11.8 Å². The number of hydrogen-bond donors (Lipinski definition) is 0. The molecule has 0 fully saturated rings. The van der Waals surface area contributed by atoms with Crippen LogP contribution in [0.1, 0.15) is 27.8 Å². The Bertz CT molecular complexity index is 2010. The van der Waals surface area contributed by atoms with Crippen LogP contribution in [0.3, 0.4) is 0 Å². The van der Waals surface area contributed by atoms with Crippen molar-refractivity contribution in [3.63, 3.8) is 0 Å². The molecule has 0 spiro atoms. The second-order valence-corrected chi connectivity index (χ2v) is 10.9. The van der Waals surface area contributed by atoms with Crippen molar-refractivity contribution >= 4 is 16.7 Å². The van der Waals surface area contributed by atoms with Crippen LogP contribution in [0, 0.1) is 0 Å². The van der Waals surface area contributed by atoms with Gasteiger partial charge in [0.2, 0.25) is 0 Å². The van der Waals surface area contributed by atoms with Crippen LogP contribution < -0.4 is 14.2 Å². The van der Waals surface area contributed by atoms with Crippen LogP contribution in [0.4, 0.5) is 22.0 Å². The highest BCUT2D eigenvalue weighted by atomic mass is 19.3. The standard InChI is InChI=1S/C38H25F5O3/c1-44-24-14-8-21(9-15-24)29(22-10-16-25(45-2)17-11-22)20-30-32-31(23-12-18-26(46-3)19-13-23)27-6-4-5-7-28(27)33(32)35-34(30)36(39)38(42,43)37(35,40)41/h4-19H,1-3H3. The Hall–Kier alpha value is -5.33. The molecule has 0 aliphatic heterocycles. The highest BCUT2D eigenvalue weighted by Crippen LogP contribution is 2.67. The second-order valence-electron chi connectivity index (χ2n) is 10.9. The highest BCUT2D eigenvalue weighted by molar-refractivity contribution is 6.14. The van der Waals surface area contributed by atoms with Crippen LogP contribution in [0.15, 0.2) is 131 Å². The number of ether oxygens (including phenoxy) is 3. The zero-order chi connectivity index (χ0) is 32.4. The summed E-state index contributed by atoms with van der Waals surface area (Å²) >= 11 is 0. The van der Waals surface area contributed by atoms with Gasteiger partial charge in [0.25, 0.3) is 0 Å². The molecule has 0 atom stereocenters. The van der Waals surface area contributed by atoms with Crippen molar-refractivity contribution in [1.82, 2.24) is 0 Å². The first-order valence-corrected chi connectivity index (χ1v) is 14.3. The zero-order valence-corrected chi connectivity index (χ0v) is 24.9.